The van der Waals surface area contributed by atoms with Gasteiger partial charge in [-0.2, -0.15) is 0 Å². The van der Waals surface area contributed by atoms with Gasteiger partial charge in [-0.15, -0.1) is 0 Å². The summed E-state index contributed by atoms with van der Waals surface area (Å²) in [6.45, 7) is 2.08. The van der Waals surface area contributed by atoms with Crippen LogP contribution in [-0.4, -0.2) is 0 Å². The number of aryl methyl sites for hydroxylation is 1. The summed E-state index contributed by atoms with van der Waals surface area (Å²) in [5, 5.41) is 0. The van der Waals surface area contributed by atoms with Crippen LogP contribution in [0.1, 0.15) is 22.8 Å². The van der Waals surface area contributed by atoms with Gasteiger partial charge >= 0.3 is 0 Å². The molecule has 104 valence electrons. The van der Waals surface area contributed by atoms with Crippen LogP contribution in [0.25, 0.3) is 0 Å². The second-order valence-corrected chi connectivity index (χ2v) is 5.14. The van der Waals surface area contributed by atoms with E-state index in [0.717, 1.165) is 16.9 Å². The van der Waals surface area contributed by atoms with Crippen LogP contribution in [-0.2, 0) is 0 Å². The standard InChI is InChI=1S/C20H18O/c1-16-9-8-14-19(15-16)21-20(17-10-4-2-5-11-17)18-12-6-3-7-13-18/h2-15,20H,1H3. The fourth-order valence-electron chi connectivity index (χ4n) is 2.41. The molecule has 0 N–H and O–H groups in total. The van der Waals surface area contributed by atoms with Crippen LogP contribution in [0, 0.1) is 6.92 Å². The fourth-order valence-corrected chi connectivity index (χ4v) is 2.41. The van der Waals surface area contributed by atoms with Crippen LogP contribution in [0.5, 0.6) is 5.75 Å². The lowest BCUT2D eigenvalue weighted by molar-refractivity contribution is 0.247. The van der Waals surface area contributed by atoms with Gasteiger partial charge in [-0.05, 0) is 35.7 Å². The van der Waals surface area contributed by atoms with Gasteiger partial charge in [0, 0.05) is 0 Å². The van der Waals surface area contributed by atoms with E-state index in [1.165, 1.54) is 5.56 Å². The van der Waals surface area contributed by atoms with Gasteiger partial charge in [-0.1, -0.05) is 72.8 Å². The fraction of sp³-hybridized carbons (Fsp3) is 0.100. The summed E-state index contributed by atoms with van der Waals surface area (Å²) in [6, 6.07) is 28.8. The lowest BCUT2D eigenvalue weighted by Gasteiger charge is -2.20. The lowest BCUT2D eigenvalue weighted by atomic mass is 10.0. The van der Waals surface area contributed by atoms with Crippen molar-refractivity contribution in [2.24, 2.45) is 0 Å². The smallest absolute Gasteiger partial charge is 0.149 e. The predicted octanol–water partition coefficient (Wildman–Crippen LogP) is 5.16. The molecule has 3 rings (SSSR count). The SMILES string of the molecule is Cc1cccc(OC(c2ccccc2)c2ccccc2)c1. The third-order valence-corrected chi connectivity index (χ3v) is 3.45. The highest BCUT2D eigenvalue weighted by Gasteiger charge is 2.15. The van der Waals surface area contributed by atoms with E-state index in [4.69, 9.17) is 4.74 Å². The largest absolute Gasteiger partial charge is 0.481 e. The quantitative estimate of drug-likeness (QED) is 0.638. The summed E-state index contributed by atoms with van der Waals surface area (Å²) >= 11 is 0. The molecule has 0 atom stereocenters. The third kappa shape index (κ3) is 3.32. The summed E-state index contributed by atoms with van der Waals surface area (Å²) in [6.07, 6.45) is -0.0887. The summed E-state index contributed by atoms with van der Waals surface area (Å²) in [7, 11) is 0. The molecular formula is C20H18O. The van der Waals surface area contributed by atoms with Gasteiger partial charge in [0.2, 0.25) is 0 Å². The Kier molecular flexibility index (Phi) is 4.02. The van der Waals surface area contributed by atoms with Crippen molar-refractivity contribution in [3.8, 4) is 5.75 Å². The topological polar surface area (TPSA) is 9.23 Å². The first-order valence-corrected chi connectivity index (χ1v) is 7.16. The Labute approximate surface area is 125 Å². The maximum absolute atomic E-state index is 6.27. The Hall–Kier alpha value is -2.54. The highest BCUT2D eigenvalue weighted by atomic mass is 16.5. The van der Waals surface area contributed by atoms with E-state index in [1.807, 2.05) is 48.5 Å². The van der Waals surface area contributed by atoms with Crippen molar-refractivity contribution in [1.29, 1.82) is 0 Å². The first kappa shape index (κ1) is 13.4. The molecule has 0 radical (unpaired) electrons. The molecule has 0 bridgehead atoms. The van der Waals surface area contributed by atoms with E-state index in [-0.39, 0.29) is 6.10 Å². The molecule has 3 aromatic carbocycles. The van der Waals surface area contributed by atoms with E-state index in [0.29, 0.717) is 0 Å². The molecule has 0 unspecified atom stereocenters. The second-order valence-electron chi connectivity index (χ2n) is 5.14. The summed E-state index contributed by atoms with van der Waals surface area (Å²) in [5.74, 6) is 0.896. The molecule has 0 saturated carbocycles. The lowest BCUT2D eigenvalue weighted by Crippen LogP contribution is -2.09. The van der Waals surface area contributed by atoms with Crippen LogP contribution < -0.4 is 4.74 Å². The minimum atomic E-state index is -0.0887. The Morgan fingerprint density at radius 1 is 0.667 bits per heavy atom. The third-order valence-electron chi connectivity index (χ3n) is 3.45. The molecule has 0 aliphatic rings. The zero-order chi connectivity index (χ0) is 14.5. The Morgan fingerprint density at radius 2 is 1.24 bits per heavy atom. The first-order valence-electron chi connectivity index (χ1n) is 7.16. The molecule has 0 aromatic heterocycles. The van der Waals surface area contributed by atoms with Crippen molar-refractivity contribution in [1.82, 2.24) is 0 Å². The molecule has 0 saturated heterocycles. The maximum Gasteiger partial charge on any atom is 0.149 e. The van der Waals surface area contributed by atoms with Crippen LogP contribution in [0.4, 0.5) is 0 Å². The highest BCUT2D eigenvalue weighted by Crippen LogP contribution is 2.28. The second kappa shape index (κ2) is 6.27. The van der Waals surface area contributed by atoms with Crippen molar-refractivity contribution in [2.45, 2.75) is 13.0 Å². The van der Waals surface area contributed by atoms with Crippen LogP contribution >= 0.6 is 0 Å². The van der Waals surface area contributed by atoms with Crippen molar-refractivity contribution in [3.63, 3.8) is 0 Å². The van der Waals surface area contributed by atoms with Gasteiger partial charge in [-0.25, -0.2) is 0 Å². The zero-order valence-electron chi connectivity index (χ0n) is 12.1. The minimum absolute atomic E-state index is 0.0887. The summed E-state index contributed by atoms with van der Waals surface area (Å²) in [5.41, 5.74) is 3.52. The Balaban J connectivity index is 1.97. The van der Waals surface area contributed by atoms with Crippen LogP contribution in [0.15, 0.2) is 84.9 Å². The van der Waals surface area contributed by atoms with Gasteiger partial charge in [0.25, 0.3) is 0 Å². The first-order chi connectivity index (χ1) is 10.3. The van der Waals surface area contributed by atoms with Gasteiger partial charge in [0.1, 0.15) is 11.9 Å². The van der Waals surface area contributed by atoms with Gasteiger partial charge < -0.3 is 4.74 Å². The number of rotatable bonds is 4. The van der Waals surface area contributed by atoms with E-state index in [9.17, 15) is 0 Å². The number of hydrogen-bond donors (Lipinski definition) is 0. The van der Waals surface area contributed by atoms with E-state index < -0.39 is 0 Å². The number of hydrogen-bond acceptors (Lipinski definition) is 1. The molecule has 0 aliphatic heterocycles. The predicted molar refractivity (Wildman–Crippen MR) is 86.5 cm³/mol. The molecule has 1 heteroatoms. The molecular weight excluding hydrogens is 256 g/mol. The number of ether oxygens (including phenoxy) is 1. The molecule has 1 nitrogen and oxygen atoms in total. The normalized spacial score (nSPS) is 10.6. The molecule has 0 heterocycles. The van der Waals surface area contributed by atoms with E-state index >= 15 is 0 Å². The van der Waals surface area contributed by atoms with Crippen molar-refractivity contribution in [2.75, 3.05) is 0 Å². The minimum Gasteiger partial charge on any atom is -0.481 e. The molecule has 0 spiro atoms. The highest BCUT2D eigenvalue weighted by molar-refractivity contribution is 5.34. The van der Waals surface area contributed by atoms with Crippen molar-refractivity contribution in [3.05, 3.63) is 102 Å². The van der Waals surface area contributed by atoms with Gasteiger partial charge in [-0.3, -0.25) is 0 Å². The molecule has 21 heavy (non-hydrogen) atoms. The van der Waals surface area contributed by atoms with Crippen LogP contribution in [0.3, 0.4) is 0 Å². The summed E-state index contributed by atoms with van der Waals surface area (Å²) in [4.78, 5) is 0. The van der Waals surface area contributed by atoms with E-state index in [2.05, 4.69) is 43.3 Å². The average Bonchev–Trinajstić information content (AvgIpc) is 2.54. The van der Waals surface area contributed by atoms with Gasteiger partial charge in [0.05, 0.1) is 0 Å². The molecule has 0 fully saturated rings. The Bertz CT molecular complexity index is 650. The number of benzene rings is 3. The monoisotopic (exact) mass is 274 g/mol. The van der Waals surface area contributed by atoms with Crippen molar-refractivity contribution < 1.29 is 4.74 Å². The van der Waals surface area contributed by atoms with Crippen LogP contribution in [0.2, 0.25) is 0 Å². The molecule has 0 amide bonds. The zero-order valence-corrected chi connectivity index (χ0v) is 12.1. The summed E-state index contributed by atoms with van der Waals surface area (Å²) < 4.78 is 6.27. The average molecular weight is 274 g/mol. The Morgan fingerprint density at radius 3 is 1.76 bits per heavy atom. The molecule has 0 aliphatic carbocycles. The maximum atomic E-state index is 6.27. The van der Waals surface area contributed by atoms with Gasteiger partial charge in [0.15, 0.2) is 0 Å². The molecule has 3 aromatic rings. The van der Waals surface area contributed by atoms with Crippen molar-refractivity contribution >= 4 is 0 Å². The van der Waals surface area contributed by atoms with E-state index in [1.54, 1.807) is 0 Å².